The van der Waals surface area contributed by atoms with Gasteiger partial charge < -0.3 is 24.6 Å². The summed E-state index contributed by atoms with van der Waals surface area (Å²) in [5.41, 5.74) is 0.967. The van der Waals surface area contributed by atoms with Gasteiger partial charge >= 0.3 is 12.2 Å². The SMILES string of the molecule is COC(=O)N1CCN(c2ccc(N3CC(CNC(=S)CC(C)(C)C)OC3=O)cc2F)CC1. The maximum absolute atomic E-state index is 14.9. The second-order valence-corrected chi connectivity index (χ2v) is 9.73. The monoisotopic (exact) mass is 466 g/mol. The van der Waals surface area contributed by atoms with E-state index in [1.54, 1.807) is 17.0 Å². The number of thiocarbonyl (C=S) groups is 1. The molecule has 0 radical (unpaired) electrons. The van der Waals surface area contributed by atoms with Gasteiger partial charge in [-0.2, -0.15) is 0 Å². The first-order valence-corrected chi connectivity index (χ1v) is 11.1. The normalized spacial score (nSPS) is 19.1. The number of carbonyl (C=O) groups excluding carboxylic acids is 2. The van der Waals surface area contributed by atoms with Gasteiger partial charge in [0.25, 0.3) is 0 Å². The molecule has 3 rings (SSSR count). The molecule has 1 N–H and O–H groups in total. The van der Waals surface area contributed by atoms with Crippen LogP contribution in [0.3, 0.4) is 0 Å². The molecule has 0 aromatic heterocycles. The number of rotatable bonds is 5. The fraction of sp³-hybridized carbons (Fsp3) is 0.591. The number of cyclic esters (lactones) is 1. The number of halogens is 1. The Balaban J connectivity index is 1.57. The molecule has 1 aromatic rings. The van der Waals surface area contributed by atoms with Gasteiger partial charge in [-0.1, -0.05) is 33.0 Å². The molecule has 10 heteroatoms. The van der Waals surface area contributed by atoms with E-state index in [9.17, 15) is 14.0 Å². The van der Waals surface area contributed by atoms with Crippen molar-refractivity contribution < 1.29 is 23.5 Å². The van der Waals surface area contributed by atoms with Gasteiger partial charge in [0.2, 0.25) is 0 Å². The van der Waals surface area contributed by atoms with Crippen LogP contribution in [0.4, 0.5) is 25.4 Å². The third kappa shape index (κ3) is 5.99. The lowest BCUT2D eigenvalue weighted by Gasteiger charge is -2.35. The topological polar surface area (TPSA) is 74.3 Å². The highest BCUT2D eigenvalue weighted by Crippen LogP contribution is 2.28. The van der Waals surface area contributed by atoms with Crippen LogP contribution >= 0.6 is 12.2 Å². The standard InChI is InChI=1S/C22H31FN4O4S/c1-22(2,3)12-19(32)24-13-16-14-27(21(29)31-16)15-5-6-18(17(23)11-15)25-7-9-26(10-8-25)20(28)30-4/h5-6,11,16H,7-10,12-14H2,1-4H3,(H,24,32). The van der Waals surface area contributed by atoms with Crippen molar-refractivity contribution in [1.82, 2.24) is 10.2 Å². The highest BCUT2D eigenvalue weighted by Gasteiger charge is 2.33. The number of carbonyl (C=O) groups is 2. The molecule has 0 aliphatic carbocycles. The molecule has 2 saturated heterocycles. The number of amides is 2. The van der Waals surface area contributed by atoms with E-state index in [0.29, 0.717) is 50.6 Å². The fourth-order valence-corrected chi connectivity index (χ4v) is 4.31. The van der Waals surface area contributed by atoms with Crippen LogP contribution in [-0.2, 0) is 9.47 Å². The Bertz CT molecular complexity index is 868. The molecular weight excluding hydrogens is 435 g/mol. The highest BCUT2D eigenvalue weighted by molar-refractivity contribution is 7.80. The van der Waals surface area contributed by atoms with Crippen molar-refractivity contribution in [2.75, 3.05) is 56.2 Å². The third-order valence-electron chi connectivity index (χ3n) is 5.39. The Morgan fingerprint density at radius 1 is 1.28 bits per heavy atom. The number of methoxy groups -OCH3 is 1. The molecule has 2 fully saturated rings. The Labute approximate surface area is 193 Å². The summed E-state index contributed by atoms with van der Waals surface area (Å²) < 4.78 is 25.0. The zero-order chi connectivity index (χ0) is 23.5. The first kappa shape index (κ1) is 24.0. The number of nitrogens with one attached hydrogen (secondary N) is 1. The van der Waals surface area contributed by atoms with Crippen molar-refractivity contribution in [2.45, 2.75) is 33.3 Å². The molecule has 2 aliphatic rings. The van der Waals surface area contributed by atoms with Crippen molar-refractivity contribution in [3.8, 4) is 0 Å². The van der Waals surface area contributed by atoms with Crippen molar-refractivity contribution in [1.29, 1.82) is 0 Å². The molecule has 0 bridgehead atoms. The number of ether oxygens (including phenoxy) is 2. The molecule has 8 nitrogen and oxygen atoms in total. The fourth-order valence-electron chi connectivity index (χ4n) is 3.79. The lowest BCUT2D eigenvalue weighted by Crippen LogP contribution is -2.49. The average molecular weight is 467 g/mol. The van der Waals surface area contributed by atoms with Gasteiger partial charge in [-0.25, -0.2) is 14.0 Å². The first-order valence-electron chi connectivity index (χ1n) is 10.7. The third-order valence-corrected chi connectivity index (χ3v) is 5.68. The van der Waals surface area contributed by atoms with Crippen molar-refractivity contribution >= 4 is 40.8 Å². The number of piperazine rings is 1. The molecule has 1 aromatic carbocycles. The van der Waals surface area contributed by atoms with Gasteiger partial charge in [-0.15, -0.1) is 0 Å². The van der Waals surface area contributed by atoms with Crippen LogP contribution in [0.5, 0.6) is 0 Å². The number of hydrogen-bond acceptors (Lipinski definition) is 6. The van der Waals surface area contributed by atoms with E-state index in [0.717, 1.165) is 11.4 Å². The Morgan fingerprint density at radius 3 is 2.56 bits per heavy atom. The van der Waals surface area contributed by atoms with Gasteiger partial charge in [-0.05, 0) is 23.6 Å². The summed E-state index contributed by atoms with van der Waals surface area (Å²) in [7, 11) is 1.34. The molecule has 32 heavy (non-hydrogen) atoms. The second-order valence-electron chi connectivity index (χ2n) is 9.24. The van der Waals surface area contributed by atoms with Crippen LogP contribution in [0.15, 0.2) is 18.2 Å². The molecule has 1 unspecified atom stereocenters. The van der Waals surface area contributed by atoms with Crippen molar-refractivity contribution in [3.63, 3.8) is 0 Å². The molecule has 2 amide bonds. The number of anilines is 2. The zero-order valence-corrected chi connectivity index (χ0v) is 19.8. The first-order chi connectivity index (χ1) is 15.1. The minimum absolute atomic E-state index is 0.0771. The Morgan fingerprint density at radius 2 is 1.97 bits per heavy atom. The number of nitrogens with zero attached hydrogens (tertiary/aromatic N) is 3. The van der Waals surface area contributed by atoms with E-state index in [1.165, 1.54) is 18.1 Å². The van der Waals surface area contributed by atoms with Gasteiger partial charge in [-0.3, -0.25) is 4.90 Å². The van der Waals surface area contributed by atoms with Crippen LogP contribution in [0.25, 0.3) is 0 Å². The van der Waals surface area contributed by atoms with E-state index in [1.807, 2.05) is 4.90 Å². The minimum atomic E-state index is -0.502. The van der Waals surface area contributed by atoms with Crippen LogP contribution in [-0.4, -0.2) is 74.6 Å². The molecule has 176 valence electrons. The quantitative estimate of drug-likeness (QED) is 0.667. The molecule has 1 atom stereocenters. The van der Waals surface area contributed by atoms with Crippen molar-refractivity contribution in [3.05, 3.63) is 24.0 Å². The predicted molar refractivity (Wildman–Crippen MR) is 125 cm³/mol. The van der Waals surface area contributed by atoms with Gasteiger partial charge in [0.15, 0.2) is 0 Å². The summed E-state index contributed by atoms with van der Waals surface area (Å²) in [4.78, 5) is 29.6. The van der Waals surface area contributed by atoms with E-state index >= 15 is 0 Å². The second kappa shape index (κ2) is 9.89. The van der Waals surface area contributed by atoms with E-state index in [2.05, 4.69) is 26.1 Å². The van der Waals surface area contributed by atoms with E-state index in [-0.39, 0.29) is 17.6 Å². The minimum Gasteiger partial charge on any atom is -0.453 e. The van der Waals surface area contributed by atoms with Crippen LogP contribution < -0.4 is 15.1 Å². The predicted octanol–water partition coefficient (Wildman–Crippen LogP) is 3.39. The van der Waals surface area contributed by atoms with E-state index < -0.39 is 11.9 Å². The summed E-state index contributed by atoms with van der Waals surface area (Å²) in [6.07, 6.45) is -0.504. The molecule has 2 heterocycles. The van der Waals surface area contributed by atoms with E-state index in [4.69, 9.17) is 21.7 Å². The van der Waals surface area contributed by atoms with Gasteiger partial charge in [0, 0.05) is 32.6 Å². The van der Waals surface area contributed by atoms with Gasteiger partial charge in [0.1, 0.15) is 11.9 Å². The number of benzene rings is 1. The molecule has 2 aliphatic heterocycles. The molecule has 0 spiro atoms. The van der Waals surface area contributed by atoms with Crippen LogP contribution in [0, 0.1) is 11.2 Å². The van der Waals surface area contributed by atoms with Crippen LogP contribution in [0.2, 0.25) is 0 Å². The lowest BCUT2D eigenvalue weighted by molar-refractivity contribution is 0.121. The lowest BCUT2D eigenvalue weighted by atomic mass is 9.92. The van der Waals surface area contributed by atoms with Crippen molar-refractivity contribution in [2.24, 2.45) is 5.41 Å². The summed E-state index contributed by atoms with van der Waals surface area (Å²) in [5.74, 6) is -0.422. The molecular formula is C22H31FN4O4S. The largest absolute Gasteiger partial charge is 0.453 e. The maximum Gasteiger partial charge on any atom is 0.414 e. The zero-order valence-electron chi connectivity index (χ0n) is 19.0. The Hall–Kier alpha value is -2.62. The summed E-state index contributed by atoms with van der Waals surface area (Å²) in [6.45, 7) is 8.97. The summed E-state index contributed by atoms with van der Waals surface area (Å²) in [5, 5.41) is 3.16. The maximum atomic E-state index is 14.9. The van der Waals surface area contributed by atoms with Gasteiger partial charge in [0.05, 0.1) is 36.6 Å². The van der Waals surface area contributed by atoms with Crippen LogP contribution in [0.1, 0.15) is 27.2 Å². The number of hydrogen-bond donors (Lipinski definition) is 1. The smallest absolute Gasteiger partial charge is 0.414 e. The molecule has 0 saturated carbocycles. The Kier molecular flexibility index (Phi) is 7.43. The summed E-state index contributed by atoms with van der Waals surface area (Å²) in [6, 6.07) is 4.73. The summed E-state index contributed by atoms with van der Waals surface area (Å²) >= 11 is 5.36. The highest BCUT2D eigenvalue weighted by atomic mass is 32.1. The average Bonchev–Trinajstić information content (AvgIpc) is 3.11.